The molecule has 4 nitrogen and oxygen atoms in total. The summed E-state index contributed by atoms with van der Waals surface area (Å²) in [5.41, 5.74) is 0.442. The van der Waals surface area contributed by atoms with Crippen molar-refractivity contribution in [2.24, 2.45) is 0 Å². The minimum atomic E-state index is -0.473. The lowest BCUT2D eigenvalue weighted by Gasteiger charge is -2.21. The lowest BCUT2D eigenvalue weighted by atomic mass is 10.1. The second kappa shape index (κ2) is 6.54. The van der Waals surface area contributed by atoms with Gasteiger partial charge in [0.1, 0.15) is 11.6 Å². The second-order valence-electron chi connectivity index (χ2n) is 3.93. The van der Waals surface area contributed by atoms with Crippen molar-refractivity contribution in [3.63, 3.8) is 0 Å². The normalized spacial score (nSPS) is 14.6. The summed E-state index contributed by atoms with van der Waals surface area (Å²) in [6.45, 7) is 2.05. The Bertz CT molecular complexity index is 360. The molecule has 0 fully saturated rings. The number of halogens is 1. The largest absolute Gasteiger partial charge is 0.508 e. The lowest BCUT2D eigenvalue weighted by molar-refractivity contribution is 0.123. The number of aliphatic hydroxyl groups is 1. The Labute approximate surface area is 100 Å². The first kappa shape index (κ1) is 13.9. The van der Waals surface area contributed by atoms with Crippen LogP contribution in [0.15, 0.2) is 18.2 Å². The molecule has 1 rings (SSSR count). The lowest BCUT2D eigenvalue weighted by Crippen LogP contribution is -2.38. The van der Waals surface area contributed by atoms with Gasteiger partial charge in [-0.2, -0.15) is 0 Å². The van der Waals surface area contributed by atoms with Crippen molar-refractivity contribution in [3.8, 4) is 5.75 Å². The summed E-state index contributed by atoms with van der Waals surface area (Å²) in [6.07, 6.45) is 0. The van der Waals surface area contributed by atoms with Gasteiger partial charge in [-0.15, -0.1) is 0 Å². The number of rotatable bonds is 6. The smallest absolute Gasteiger partial charge is 0.131 e. The molecule has 0 aliphatic carbocycles. The molecule has 0 aliphatic rings. The Hall–Kier alpha value is -1.17. The Morgan fingerprint density at radius 2 is 2.18 bits per heavy atom. The highest BCUT2D eigenvalue weighted by Gasteiger charge is 2.15. The van der Waals surface area contributed by atoms with E-state index in [1.807, 2.05) is 0 Å². The third-order valence-electron chi connectivity index (χ3n) is 2.52. The molecule has 3 N–H and O–H groups in total. The first-order chi connectivity index (χ1) is 8.08. The van der Waals surface area contributed by atoms with Gasteiger partial charge in [-0.25, -0.2) is 4.39 Å². The van der Waals surface area contributed by atoms with Crippen molar-refractivity contribution in [2.45, 2.75) is 19.0 Å². The molecular weight excluding hydrogens is 225 g/mol. The Morgan fingerprint density at radius 1 is 1.47 bits per heavy atom. The quantitative estimate of drug-likeness (QED) is 0.702. The Kier molecular flexibility index (Phi) is 5.34. The van der Waals surface area contributed by atoms with Crippen molar-refractivity contribution < 1.29 is 19.3 Å². The van der Waals surface area contributed by atoms with Crippen LogP contribution in [-0.4, -0.2) is 36.6 Å². The van der Waals surface area contributed by atoms with Crippen molar-refractivity contribution in [2.75, 3.05) is 20.3 Å². The molecule has 2 atom stereocenters. The van der Waals surface area contributed by atoms with E-state index in [9.17, 15) is 4.39 Å². The standard InChI is InChI=1S/C12H18FNO3/c1-8(14-9(6-15)7-17-2)11-4-3-10(16)5-12(11)13/h3-5,8-9,14-16H,6-7H2,1-2H3. The maximum atomic E-state index is 13.5. The van der Waals surface area contributed by atoms with Gasteiger partial charge < -0.3 is 20.3 Å². The van der Waals surface area contributed by atoms with E-state index in [0.29, 0.717) is 12.2 Å². The molecule has 96 valence electrons. The SMILES string of the molecule is COCC(CO)NC(C)c1ccc(O)cc1F. The molecule has 0 saturated heterocycles. The van der Waals surface area contributed by atoms with Gasteiger partial charge in [-0.3, -0.25) is 0 Å². The van der Waals surface area contributed by atoms with Crippen molar-refractivity contribution >= 4 is 0 Å². The first-order valence-electron chi connectivity index (χ1n) is 5.42. The third kappa shape index (κ3) is 3.96. The maximum Gasteiger partial charge on any atom is 0.131 e. The van der Waals surface area contributed by atoms with Crippen LogP contribution in [0.3, 0.4) is 0 Å². The zero-order valence-electron chi connectivity index (χ0n) is 9.98. The number of benzene rings is 1. The zero-order chi connectivity index (χ0) is 12.8. The van der Waals surface area contributed by atoms with E-state index in [2.05, 4.69) is 5.32 Å². The summed E-state index contributed by atoms with van der Waals surface area (Å²) in [6, 6.07) is 3.49. The number of aliphatic hydroxyl groups excluding tert-OH is 1. The zero-order valence-corrected chi connectivity index (χ0v) is 9.98. The van der Waals surface area contributed by atoms with Crippen LogP contribution < -0.4 is 5.32 Å². The summed E-state index contributed by atoms with van der Waals surface area (Å²) < 4.78 is 18.5. The van der Waals surface area contributed by atoms with Gasteiger partial charge in [0.15, 0.2) is 0 Å². The summed E-state index contributed by atoms with van der Waals surface area (Å²) in [5.74, 6) is -0.576. The van der Waals surface area contributed by atoms with E-state index in [1.165, 1.54) is 19.2 Å². The molecule has 0 radical (unpaired) electrons. The Balaban J connectivity index is 2.71. The van der Waals surface area contributed by atoms with Gasteiger partial charge in [-0.1, -0.05) is 6.07 Å². The predicted octanol–water partition coefficient (Wildman–Crippen LogP) is 1.19. The molecule has 0 spiro atoms. The van der Waals surface area contributed by atoms with Crippen LogP contribution in [0.1, 0.15) is 18.5 Å². The third-order valence-corrected chi connectivity index (χ3v) is 2.52. The topological polar surface area (TPSA) is 61.7 Å². The van der Waals surface area contributed by atoms with Gasteiger partial charge in [-0.05, 0) is 13.0 Å². The molecule has 0 saturated carbocycles. The highest BCUT2D eigenvalue weighted by molar-refractivity contribution is 5.29. The van der Waals surface area contributed by atoms with E-state index in [0.717, 1.165) is 6.07 Å². The number of aromatic hydroxyl groups is 1. The van der Waals surface area contributed by atoms with Gasteiger partial charge in [0, 0.05) is 24.8 Å². The van der Waals surface area contributed by atoms with Crippen LogP contribution in [0.2, 0.25) is 0 Å². The molecule has 2 unspecified atom stereocenters. The molecule has 0 aromatic heterocycles. The van der Waals surface area contributed by atoms with E-state index >= 15 is 0 Å². The fraction of sp³-hybridized carbons (Fsp3) is 0.500. The van der Waals surface area contributed by atoms with E-state index in [-0.39, 0.29) is 24.4 Å². The predicted molar refractivity (Wildman–Crippen MR) is 62.4 cm³/mol. The molecule has 0 amide bonds. The molecular formula is C12H18FNO3. The van der Waals surface area contributed by atoms with Crippen molar-refractivity contribution in [1.82, 2.24) is 5.32 Å². The number of methoxy groups -OCH3 is 1. The van der Waals surface area contributed by atoms with Crippen LogP contribution in [0.4, 0.5) is 4.39 Å². The van der Waals surface area contributed by atoms with Crippen LogP contribution >= 0.6 is 0 Å². The minimum absolute atomic E-state index is 0.0854. The molecule has 5 heteroatoms. The van der Waals surface area contributed by atoms with Crippen molar-refractivity contribution in [3.05, 3.63) is 29.6 Å². The van der Waals surface area contributed by atoms with Gasteiger partial charge >= 0.3 is 0 Å². The van der Waals surface area contributed by atoms with Crippen LogP contribution in [-0.2, 0) is 4.74 Å². The van der Waals surface area contributed by atoms with Crippen LogP contribution in [0, 0.1) is 5.82 Å². The number of hydrogen-bond acceptors (Lipinski definition) is 4. The Morgan fingerprint density at radius 3 is 2.71 bits per heavy atom. The first-order valence-corrected chi connectivity index (χ1v) is 5.42. The molecule has 0 heterocycles. The number of phenolic OH excluding ortho intramolecular Hbond substituents is 1. The summed E-state index contributed by atoms with van der Waals surface area (Å²) >= 11 is 0. The fourth-order valence-electron chi connectivity index (χ4n) is 1.67. The fourth-order valence-corrected chi connectivity index (χ4v) is 1.67. The number of ether oxygens (including phenoxy) is 1. The summed E-state index contributed by atoms with van der Waals surface area (Å²) in [7, 11) is 1.54. The van der Waals surface area contributed by atoms with Gasteiger partial charge in [0.05, 0.1) is 19.3 Å². The molecule has 0 aliphatic heterocycles. The highest BCUT2D eigenvalue weighted by atomic mass is 19.1. The minimum Gasteiger partial charge on any atom is -0.508 e. The van der Waals surface area contributed by atoms with E-state index in [4.69, 9.17) is 14.9 Å². The molecule has 0 bridgehead atoms. The average molecular weight is 243 g/mol. The monoisotopic (exact) mass is 243 g/mol. The number of hydrogen-bond donors (Lipinski definition) is 3. The van der Waals surface area contributed by atoms with Crippen molar-refractivity contribution in [1.29, 1.82) is 0 Å². The van der Waals surface area contributed by atoms with E-state index < -0.39 is 5.82 Å². The second-order valence-corrected chi connectivity index (χ2v) is 3.93. The van der Waals surface area contributed by atoms with Gasteiger partial charge in [0.2, 0.25) is 0 Å². The summed E-state index contributed by atoms with van der Waals surface area (Å²) in [5, 5.41) is 21.2. The van der Waals surface area contributed by atoms with Crippen LogP contribution in [0.5, 0.6) is 5.75 Å². The summed E-state index contributed by atoms with van der Waals surface area (Å²) in [4.78, 5) is 0. The molecule has 1 aromatic rings. The van der Waals surface area contributed by atoms with E-state index in [1.54, 1.807) is 6.92 Å². The highest BCUT2D eigenvalue weighted by Crippen LogP contribution is 2.21. The van der Waals surface area contributed by atoms with Crippen LogP contribution in [0.25, 0.3) is 0 Å². The number of phenols is 1. The average Bonchev–Trinajstić information content (AvgIpc) is 2.28. The number of nitrogens with one attached hydrogen (secondary N) is 1. The van der Waals surface area contributed by atoms with Gasteiger partial charge in [0.25, 0.3) is 0 Å². The molecule has 1 aromatic carbocycles. The molecule has 17 heavy (non-hydrogen) atoms. The maximum absolute atomic E-state index is 13.5.